The van der Waals surface area contributed by atoms with Crippen LogP contribution < -0.4 is 0 Å². The van der Waals surface area contributed by atoms with Gasteiger partial charge in [-0.25, -0.2) is 4.98 Å². The molecule has 2 aromatic rings. The lowest BCUT2D eigenvalue weighted by atomic mass is 10.0. The molecule has 0 saturated heterocycles. The zero-order valence-corrected chi connectivity index (χ0v) is 14.6. The fraction of sp³-hybridized carbons (Fsp3) is 0.312. The molecule has 11 heteroatoms. The zero-order chi connectivity index (χ0) is 20.6. The lowest BCUT2D eigenvalue weighted by Gasteiger charge is -2.25. The highest BCUT2D eigenvalue weighted by atomic mass is 35.5. The maximum atomic E-state index is 12.9. The van der Waals surface area contributed by atoms with E-state index in [1.54, 1.807) is 0 Å². The summed E-state index contributed by atoms with van der Waals surface area (Å²) in [6, 6.07) is -0.139. The molecule has 1 amide bonds. The van der Waals surface area contributed by atoms with Crippen LogP contribution >= 0.6 is 11.6 Å². The van der Waals surface area contributed by atoms with Crippen LogP contribution in [-0.2, 0) is 12.4 Å². The first-order valence-electron chi connectivity index (χ1n) is 7.35. The highest BCUT2D eigenvalue weighted by Gasteiger charge is 2.38. The first-order chi connectivity index (χ1) is 12.3. The average Bonchev–Trinajstić information content (AvgIpc) is 2.58. The number of carbonyl (C=O) groups excluding carboxylic acids is 1. The fourth-order valence-electron chi connectivity index (χ4n) is 2.25. The summed E-state index contributed by atoms with van der Waals surface area (Å²) in [6.07, 6.45) is -7.51. The van der Waals surface area contributed by atoms with E-state index in [2.05, 4.69) is 9.97 Å². The number of carbonyl (C=O) groups is 1. The summed E-state index contributed by atoms with van der Waals surface area (Å²) < 4.78 is 77.7. The standard InChI is InChI=1S/C16H12ClF6N3O/c1-8(12-13(17)25-4-3-24-12)26(2)14(27)9-5-10(15(18,19)20)7-11(6-9)16(21,22)23/h3-8H,1-2H3. The Morgan fingerprint density at radius 3 is 1.93 bits per heavy atom. The maximum absolute atomic E-state index is 12.9. The molecule has 1 heterocycles. The van der Waals surface area contributed by atoms with Crippen LogP contribution in [0.15, 0.2) is 30.6 Å². The number of amides is 1. The summed E-state index contributed by atoms with van der Waals surface area (Å²) in [6.45, 7) is 1.46. The quantitative estimate of drug-likeness (QED) is 0.668. The van der Waals surface area contributed by atoms with Gasteiger partial charge in [0.05, 0.1) is 22.9 Å². The monoisotopic (exact) mass is 411 g/mol. The molecule has 0 fully saturated rings. The van der Waals surface area contributed by atoms with Gasteiger partial charge in [-0.15, -0.1) is 0 Å². The molecule has 0 N–H and O–H groups in total. The van der Waals surface area contributed by atoms with Crippen molar-refractivity contribution in [1.29, 1.82) is 0 Å². The molecule has 1 aromatic heterocycles. The van der Waals surface area contributed by atoms with Gasteiger partial charge in [0.2, 0.25) is 0 Å². The second-order valence-electron chi connectivity index (χ2n) is 5.62. The van der Waals surface area contributed by atoms with Crippen molar-refractivity contribution < 1.29 is 31.1 Å². The van der Waals surface area contributed by atoms with Gasteiger partial charge in [0.1, 0.15) is 0 Å². The highest BCUT2D eigenvalue weighted by Crippen LogP contribution is 2.37. The van der Waals surface area contributed by atoms with Crippen molar-refractivity contribution in [3.05, 3.63) is 58.1 Å². The molecule has 1 atom stereocenters. The molecular weight excluding hydrogens is 400 g/mol. The topological polar surface area (TPSA) is 46.1 Å². The van der Waals surface area contributed by atoms with Gasteiger partial charge in [0.15, 0.2) is 5.15 Å². The maximum Gasteiger partial charge on any atom is 0.416 e. The van der Waals surface area contributed by atoms with Gasteiger partial charge in [-0.1, -0.05) is 11.6 Å². The number of benzene rings is 1. The van der Waals surface area contributed by atoms with Gasteiger partial charge < -0.3 is 4.90 Å². The number of nitrogens with zero attached hydrogens (tertiary/aromatic N) is 3. The Kier molecular flexibility index (Phi) is 5.69. The second kappa shape index (κ2) is 7.34. The molecule has 1 unspecified atom stereocenters. The van der Waals surface area contributed by atoms with Crippen LogP contribution in [-0.4, -0.2) is 27.8 Å². The van der Waals surface area contributed by atoms with E-state index in [0.717, 1.165) is 4.90 Å². The molecule has 146 valence electrons. The summed E-state index contributed by atoms with van der Waals surface area (Å²) in [5.74, 6) is -1.05. The molecular formula is C16H12ClF6N3O. The lowest BCUT2D eigenvalue weighted by molar-refractivity contribution is -0.143. The number of rotatable bonds is 3. The summed E-state index contributed by atoms with van der Waals surface area (Å²) >= 11 is 5.87. The fourth-order valence-corrected chi connectivity index (χ4v) is 2.52. The minimum absolute atomic E-state index is 0.0373. The summed E-state index contributed by atoms with van der Waals surface area (Å²) in [4.78, 5) is 21.2. The van der Waals surface area contributed by atoms with E-state index in [4.69, 9.17) is 11.6 Å². The van der Waals surface area contributed by atoms with Crippen LogP contribution in [0.4, 0.5) is 26.3 Å². The van der Waals surface area contributed by atoms with Crippen LogP contribution in [0.5, 0.6) is 0 Å². The third-order valence-electron chi connectivity index (χ3n) is 3.81. The van der Waals surface area contributed by atoms with E-state index < -0.39 is 41.0 Å². The predicted octanol–water partition coefficient (Wildman–Crippen LogP) is 5.00. The molecule has 1 aromatic carbocycles. The third-order valence-corrected chi connectivity index (χ3v) is 4.10. The van der Waals surface area contributed by atoms with E-state index in [0.29, 0.717) is 12.1 Å². The molecule has 0 aliphatic carbocycles. The molecule has 0 saturated carbocycles. The smallest absolute Gasteiger partial charge is 0.333 e. The van der Waals surface area contributed by atoms with Crippen molar-refractivity contribution in [2.24, 2.45) is 0 Å². The van der Waals surface area contributed by atoms with Gasteiger partial charge >= 0.3 is 12.4 Å². The van der Waals surface area contributed by atoms with Crippen LogP contribution in [0.25, 0.3) is 0 Å². The molecule has 0 aliphatic heterocycles. The molecule has 0 radical (unpaired) electrons. The predicted molar refractivity (Wildman–Crippen MR) is 84.0 cm³/mol. The first kappa shape index (κ1) is 20.9. The van der Waals surface area contributed by atoms with Gasteiger partial charge in [-0.05, 0) is 25.1 Å². The summed E-state index contributed by atoms with van der Waals surface area (Å²) in [5, 5.41) is -0.0373. The number of aromatic nitrogens is 2. The van der Waals surface area contributed by atoms with Crippen molar-refractivity contribution in [1.82, 2.24) is 14.9 Å². The van der Waals surface area contributed by atoms with Crippen molar-refractivity contribution in [3.8, 4) is 0 Å². The summed E-state index contributed by atoms with van der Waals surface area (Å²) in [5.41, 5.74) is -3.75. The first-order valence-corrected chi connectivity index (χ1v) is 7.73. The summed E-state index contributed by atoms with van der Waals surface area (Å²) in [7, 11) is 1.21. The number of halogens is 7. The Morgan fingerprint density at radius 1 is 1.00 bits per heavy atom. The van der Waals surface area contributed by atoms with Crippen molar-refractivity contribution in [3.63, 3.8) is 0 Å². The molecule has 4 nitrogen and oxygen atoms in total. The molecule has 0 spiro atoms. The van der Waals surface area contributed by atoms with Crippen LogP contribution in [0.1, 0.15) is 40.1 Å². The second-order valence-corrected chi connectivity index (χ2v) is 5.98. The van der Waals surface area contributed by atoms with E-state index in [-0.39, 0.29) is 16.9 Å². The highest BCUT2D eigenvalue weighted by molar-refractivity contribution is 6.30. The van der Waals surface area contributed by atoms with Crippen molar-refractivity contribution in [2.45, 2.75) is 25.3 Å². The van der Waals surface area contributed by atoms with E-state index in [1.165, 1.54) is 26.4 Å². The van der Waals surface area contributed by atoms with Crippen LogP contribution in [0, 0.1) is 0 Å². The molecule has 0 bridgehead atoms. The third kappa shape index (κ3) is 4.68. The molecule has 2 rings (SSSR count). The van der Waals surface area contributed by atoms with E-state index >= 15 is 0 Å². The van der Waals surface area contributed by atoms with Gasteiger partial charge in [-0.3, -0.25) is 9.78 Å². The Labute approximate surface area is 154 Å². The van der Waals surface area contributed by atoms with Gasteiger partial charge in [0.25, 0.3) is 5.91 Å². The largest absolute Gasteiger partial charge is 0.416 e. The molecule has 27 heavy (non-hydrogen) atoms. The van der Waals surface area contributed by atoms with Gasteiger partial charge in [0, 0.05) is 25.0 Å². The SMILES string of the molecule is CC(c1nccnc1Cl)N(C)C(=O)c1cc(C(F)(F)F)cc(C(F)(F)F)c1. The minimum Gasteiger partial charge on any atom is -0.333 e. The Balaban J connectivity index is 2.47. The number of hydrogen-bond donors (Lipinski definition) is 0. The Morgan fingerprint density at radius 2 is 1.48 bits per heavy atom. The van der Waals surface area contributed by atoms with Crippen LogP contribution in [0.2, 0.25) is 5.15 Å². The molecule has 0 aliphatic rings. The number of hydrogen-bond acceptors (Lipinski definition) is 3. The van der Waals surface area contributed by atoms with Crippen LogP contribution in [0.3, 0.4) is 0 Å². The van der Waals surface area contributed by atoms with Crippen molar-refractivity contribution in [2.75, 3.05) is 7.05 Å². The van der Waals surface area contributed by atoms with E-state index in [1.807, 2.05) is 0 Å². The zero-order valence-electron chi connectivity index (χ0n) is 13.9. The number of alkyl halides is 6. The Bertz CT molecular complexity index is 821. The average molecular weight is 412 g/mol. The minimum atomic E-state index is -5.05. The lowest BCUT2D eigenvalue weighted by Crippen LogP contribution is -2.31. The van der Waals surface area contributed by atoms with Gasteiger partial charge in [-0.2, -0.15) is 26.3 Å². The normalized spacial score (nSPS) is 13.4. The van der Waals surface area contributed by atoms with Crippen molar-refractivity contribution >= 4 is 17.5 Å². The Hall–Kier alpha value is -2.36. The van der Waals surface area contributed by atoms with E-state index in [9.17, 15) is 31.1 Å².